The molecule has 0 fully saturated rings. The van der Waals surface area contributed by atoms with E-state index in [-0.39, 0.29) is 11.3 Å². The average molecular weight is 390 g/mol. The van der Waals surface area contributed by atoms with Gasteiger partial charge >= 0.3 is 5.97 Å². The van der Waals surface area contributed by atoms with Crippen LogP contribution in [0.1, 0.15) is 24.0 Å². The van der Waals surface area contributed by atoms with Crippen molar-refractivity contribution in [3.05, 3.63) is 87.1 Å². The molecule has 2 aromatic carbocycles. The summed E-state index contributed by atoms with van der Waals surface area (Å²) in [6.07, 6.45) is 0. The van der Waals surface area contributed by atoms with Gasteiger partial charge in [0.15, 0.2) is 0 Å². The number of aliphatic carboxylic acids is 1. The molecule has 3 aromatic rings. The smallest absolute Gasteiger partial charge is 0.334 e. The second kappa shape index (κ2) is 6.90. The van der Waals surface area contributed by atoms with Gasteiger partial charge in [0.1, 0.15) is 5.82 Å². The molecule has 1 atom stereocenters. The summed E-state index contributed by atoms with van der Waals surface area (Å²) in [6.45, 7) is 1.69. The number of carbonyl (C=O) groups is 1. The van der Waals surface area contributed by atoms with Gasteiger partial charge in [-0.25, -0.2) is 4.79 Å². The molecular weight excluding hydrogens is 372 g/mol. The molecule has 146 valence electrons. The molecule has 8 heteroatoms. The molecule has 2 N–H and O–H groups in total. The van der Waals surface area contributed by atoms with E-state index in [1.165, 1.54) is 12.1 Å². The first-order chi connectivity index (χ1) is 13.9. The number of nitro groups is 1. The van der Waals surface area contributed by atoms with Gasteiger partial charge in [-0.1, -0.05) is 42.5 Å². The molecular formula is C21H18N4O4. The lowest BCUT2D eigenvalue weighted by Gasteiger charge is -2.27. The number of carboxylic acids is 1. The van der Waals surface area contributed by atoms with Crippen LogP contribution < -0.4 is 5.32 Å². The Morgan fingerprint density at radius 2 is 1.93 bits per heavy atom. The second-order valence-electron chi connectivity index (χ2n) is 6.85. The summed E-state index contributed by atoms with van der Waals surface area (Å²) in [5.74, 6) is -1.12. The number of benzene rings is 2. The molecule has 8 nitrogen and oxygen atoms in total. The van der Waals surface area contributed by atoms with Crippen molar-refractivity contribution in [3.8, 4) is 11.3 Å². The number of anilines is 1. The van der Waals surface area contributed by atoms with E-state index in [9.17, 15) is 20.0 Å². The van der Waals surface area contributed by atoms with Crippen LogP contribution in [0, 0.1) is 10.1 Å². The maximum absolute atomic E-state index is 12.2. The molecule has 0 bridgehead atoms. The molecule has 0 aliphatic carbocycles. The van der Waals surface area contributed by atoms with Crippen LogP contribution >= 0.6 is 0 Å². The number of non-ortho nitro benzene ring substituents is 1. The Morgan fingerprint density at radius 3 is 2.59 bits per heavy atom. The van der Waals surface area contributed by atoms with Gasteiger partial charge in [-0.2, -0.15) is 5.10 Å². The third-order valence-electron chi connectivity index (χ3n) is 5.06. The third-order valence-corrected chi connectivity index (χ3v) is 5.06. The van der Waals surface area contributed by atoms with Gasteiger partial charge in [0.2, 0.25) is 0 Å². The Bertz CT molecular complexity index is 1160. The van der Waals surface area contributed by atoms with Crippen LogP contribution in [0.5, 0.6) is 0 Å². The fourth-order valence-corrected chi connectivity index (χ4v) is 3.81. The average Bonchev–Trinajstić information content (AvgIpc) is 3.03. The Hall–Kier alpha value is -3.94. The lowest BCUT2D eigenvalue weighted by atomic mass is 9.80. The molecule has 1 aliphatic heterocycles. The third kappa shape index (κ3) is 3.04. The van der Waals surface area contributed by atoms with Gasteiger partial charge in [-0.15, -0.1) is 0 Å². The molecule has 1 unspecified atom stereocenters. The minimum atomic E-state index is -1.08. The van der Waals surface area contributed by atoms with E-state index < -0.39 is 16.8 Å². The van der Waals surface area contributed by atoms with Crippen molar-refractivity contribution in [2.45, 2.75) is 12.8 Å². The fraction of sp³-hybridized carbons (Fsp3) is 0.143. The van der Waals surface area contributed by atoms with Crippen LogP contribution in [-0.4, -0.2) is 25.8 Å². The topological polar surface area (TPSA) is 110 Å². The van der Waals surface area contributed by atoms with Crippen molar-refractivity contribution in [1.82, 2.24) is 9.78 Å². The molecule has 0 saturated carbocycles. The van der Waals surface area contributed by atoms with E-state index in [2.05, 4.69) is 10.4 Å². The minimum Gasteiger partial charge on any atom is -0.478 e. The Balaban J connectivity index is 2.02. The van der Waals surface area contributed by atoms with Crippen LogP contribution in [0.4, 0.5) is 11.5 Å². The second-order valence-corrected chi connectivity index (χ2v) is 6.85. The summed E-state index contributed by atoms with van der Waals surface area (Å²) in [4.78, 5) is 23.0. The van der Waals surface area contributed by atoms with Crippen LogP contribution in [0.15, 0.2) is 65.9 Å². The van der Waals surface area contributed by atoms with Gasteiger partial charge in [-0.05, 0) is 12.5 Å². The van der Waals surface area contributed by atoms with Crippen LogP contribution in [0.25, 0.3) is 11.3 Å². The molecule has 0 saturated heterocycles. The van der Waals surface area contributed by atoms with Gasteiger partial charge in [-0.3, -0.25) is 14.8 Å². The number of carboxylic acid groups (broad SMARTS) is 1. The van der Waals surface area contributed by atoms with Crippen molar-refractivity contribution < 1.29 is 14.8 Å². The molecule has 0 spiro atoms. The van der Waals surface area contributed by atoms with Crippen molar-refractivity contribution in [2.24, 2.45) is 7.05 Å². The zero-order valence-corrected chi connectivity index (χ0v) is 15.8. The summed E-state index contributed by atoms with van der Waals surface area (Å²) >= 11 is 0. The number of allylic oxidation sites excluding steroid dienone is 1. The SMILES string of the molecule is CC1=C(C(=O)O)C(c2cccc([N+](=O)[O-])c2)c2c(-c3ccccc3)nn(C)c2N1. The maximum atomic E-state index is 12.2. The highest BCUT2D eigenvalue weighted by atomic mass is 16.6. The number of nitro benzene ring substituents is 1. The molecule has 0 amide bonds. The molecule has 1 aromatic heterocycles. The number of rotatable bonds is 4. The Labute approximate surface area is 166 Å². The summed E-state index contributed by atoms with van der Waals surface area (Å²) in [5.41, 5.74) is 3.22. The van der Waals surface area contributed by atoms with E-state index in [1.54, 1.807) is 30.8 Å². The van der Waals surface area contributed by atoms with Crippen LogP contribution in [0.2, 0.25) is 0 Å². The van der Waals surface area contributed by atoms with Crippen LogP contribution in [-0.2, 0) is 11.8 Å². The molecule has 0 radical (unpaired) electrons. The van der Waals surface area contributed by atoms with Crippen molar-refractivity contribution >= 4 is 17.5 Å². The van der Waals surface area contributed by atoms with Crippen molar-refractivity contribution in [1.29, 1.82) is 0 Å². The highest BCUT2D eigenvalue weighted by molar-refractivity contribution is 5.94. The number of aromatic nitrogens is 2. The van der Waals surface area contributed by atoms with Crippen LogP contribution in [0.3, 0.4) is 0 Å². The summed E-state index contributed by atoms with van der Waals surface area (Å²) < 4.78 is 1.67. The quantitative estimate of drug-likeness (QED) is 0.516. The molecule has 1 aliphatic rings. The van der Waals surface area contributed by atoms with Gasteiger partial charge < -0.3 is 10.4 Å². The number of nitrogens with one attached hydrogen (secondary N) is 1. The first-order valence-corrected chi connectivity index (χ1v) is 8.96. The van der Waals surface area contributed by atoms with E-state index >= 15 is 0 Å². The highest BCUT2D eigenvalue weighted by Gasteiger charge is 2.37. The van der Waals surface area contributed by atoms with E-state index in [0.717, 1.165) is 5.56 Å². The summed E-state index contributed by atoms with van der Waals surface area (Å²) in [6, 6.07) is 15.6. The molecule has 4 rings (SSSR count). The minimum absolute atomic E-state index is 0.0878. The maximum Gasteiger partial charge on any atom is 0.334 e. The van der Waals surface area contributed by atoms with E-state index in [4.69, 9.17) is 0 Å². The summed E-state index contributed by atoms with van der Waals surface area (Å²) in [5, 5.41) is 29.0. The van der Waals surface area contributed by atoms with Gasteiger partial charge in [0.05, 0.1) is 16.2 Å². The van der Waals surface area contributed by atoms with E-state index in [1.807, 2.05) is 30.3 Å². The van der Waals surface area contributed by atoms with Crippen molar-refractivity contribution in [2.75, 3.05) is 5.32 Å². The lowest BCUT2D eigenvalue weighted by molar-refractivity contribution is -0.384. The summed E-state index contributed by atoms with van der Waals surface area (Å²) in [7, 11) is 1.78. The monoisotopic (exact) mass is 390 g/mol. The van der Waals surface area contributed by atoms with Gasteiger partial charge in [0.25, 0.3) is 5.69 Å². The normalized spacial score (nSPS) is 15.6. The zero-order valence-electron chi connectivity index (χ0n) is 15.8. The number of hydrogen-bond acceptors (Lipinski definition) is 5. The zero-order chi connectivity index (χ0) is 20.7. The number of fused-ring (bicyclic) bond motifs is 1. The number of aryl methyl sites for hydroxylation is 1. The van der Waals surface area contributed by atoms with E-state index in [0.29, 0.717) is 28.3 Å². The Morgan fingerprint density at radius 1 is 1.21 bits per heavy atom. The highest BCUT2D eigenvalue weighted by Crippen LogP contribution is 2.46. The van der Waals surface area contributed by atoms with Gasteiger partial charge in [0, 0.05) is 41.9 Å². The Kier molecular flexibility index (Phi) is 4.38. The standard InChI is InChI=1S/C21H18N4O4/c1-12-16(21(26)27)17(14-9-6-10-15(11-14)25(28)29)18-19(13-7-4-3-5-8-13)23-24(2)20(18)22-12/h3-11,17,22H,1-2H3,(H,26,27). The fourth-order valence-electron chi connectivity index (χ4n) is 3.81. The first kappa shape index (κ1) is 18.4. The largest absolute Gasteiger partial charge is 0.478 e. The van der Waals surface area contributed by atoms with Crippen molar-refractivity contribution in [3.63, 3.8) is 0 Å². The number of hydrogen-bond donors (Lipinski definition) is 2. The number of nitrogens with zero attached hydrogens (tertiary/aromatic N) is 3. The first-order valence-electron chi connectivity index (χ1n) is 8.96. The molecule has 29 heavy (non-hydrogen) atoms. The predicted octanol–water partition coefficient (Wildman–Crippen LogP) is 3.91. The predicted molar refractivity (Wildman–Crippen MR) is 108 cm³/mol. The molecule has 2 heterocycles. The lowest BCUT2D eigenvalue weighted by Crippen LogP contribution is -2.23.